The van der Waals surface area contributed by atoms with Crippen LogP contribution >= 0.6 is 11.6 Å². The van der Waals surface area contributed by atoms with Gasteiger partial charge in [0.25, 0.3) is 0 Å². The highest BCUT2D eigenvalue weighted by atomic mass is 35.5. The maximum Gasteiger partial charge on any atom is 0.244 e. The van der Waals surface area contributed by atoms with Crippen molar-refractivity contribution in [1.82, 2.24) is 10.2 Å². The number of fused-ring (bicyclic) bond motifs is 1. The van der Waals surface area contributed by atoms with Crippen LogP contribution in [0.15, 0.2) is 53.9 Å². The minimum Gasteiger partial charge on any atom is -0.487 e. The van der Waals surface area contributed by atoms with Crippen molar-refractivity contribution in [2.75, 3.05) is 0 Å². The highest BCUT2D eigenvalue weighted by molar-refractivity contribution is 6.32. The van der Waals surface area contributed by atoms with Gasteiger partial charge in [0.1, 0.15) is 29.8 Å². The Labute approximate surface area is 171 Å². The van der Waals surface area contributed by atoms with Gasteiger partial charge >= 0.3 is 0 Å². The van der Waals surface area contributed by atoms with Crippen molar-refractivity contribution in [1.29, 1.82) is 5.26 Å². The first-order valence-electron chi connectivity index (χ1n) is 8.77. The van der Waals surface area contributed by atoms with E-state index in [4.69, 9.17) is 26.8 Å². The second kappa shape index (κ2) is 7.49. The summed E-state index contributed by atoms with van der Waals surface area (Å²) >= 11 is 6.44. The first-order valence-corrected chi connectivity index (χ1v) is 9.15. The normalized spacial score (nSPS) is 15.4. The number of nitrogens with zero attached hydrogens (tertiary/aromatic N) is 2. The number of halogens is 2. The number of aryl methyl sites for hydroxylation is 1. The molecule has 2 aromatic carbocycles. The third-order valence-electron chi connectivity index (χ3n) is 4.73. The summed E-state index contributed by atoms with van der Waals surface area (Å²) in [7, 11) is 0. The topological polar surface area (TPSA) is 97.0 Å². The Morgan fingerprint density at radius 1 is 1.31 bits per heavy atom. The van der Waals surface area contributed by atoms with Gasteiger partial charge in [-0.2, -0.15) is 5.26 Å². The molecule has 0 unspecified atom stereocenters. The summed E-state index contributed by atoms with van der Waals surface area (Å²) in [5.41, 5.74) is 9.32. The third kappa shape index (κ3) is 3.50. The molecule has 6 nitrogen and oxygen atoms in total. The molecule has 1 atom stereocenters. The number of H-pyrrole nitrogens is 1. The van der Waals surface area contributed by atoms with Gasteiger partial charge in [-0.1, -0.05) is 29.8 Å². The van der Waals surface area contributed by atoms with Crippen LogP contribution in [0.4, 0.5) is 4.39 Å². The fraction of sp³-hybridized carbons (Fsp3) is 0.143. The molecule has 146 valence electrons. The van der Waals surface area contributed by atoms with Gasteiger partial charge in [0.05, 0.1) is 10.9 Å². The van der Waals surface area contributed by atoms with Crippen LogP contribution in [0.2, 0.25) is 5.02 Å². The Balaban J connectivity index is 1.64. The molecule has 29 heavy (non-hydrogen) atoms. The van der Waals surface area contributed by atoms with E-state index in [9.17, 15) is 9.65 Å². The maximum absolute atomic E-state index is 13.0. The number of hydrogen-bond acceptors (Lipinski definition) is 5. The lowest BCUT2D eigenvalue weighted by Crippen LogP contribution is -2.21. The number of rotatable bonds is 4. The van der Waals surface area contributed by atoms with E-state index < -0.39 is 5.92 Å². The molecule has 8 heteroatoms. The molecule has 0 fully saturated rings. The van der Waals surface area contributed by atoms with Crippen LogP contribution in [-0.4, -0.2) is 10.2 Å². The van der Waals surface area contributed by atoms with Gasteiger partial charge in [-0.25, -0.2) is 4.39 Å². The lowest BCUT2D eigenvalue weighted by Gasteiger charge is -2.24. The number of nitrogens with one attached hydrogen (secondary N) is 1. The molecular weight excluding hydrogens is 395 g/mol. The first-order chi connectivity index (χ1) is 14.0. The minimum atomic E-state index is -0.453. The molecule has 0 bridgehead atoms. The van der Waals surface area contributed by atoms with E-state index in [0.717, 1.165) is 22.4 Å². The van der Waals surface area contributed by atoms with Crippen molar-refractivity contribution >= 4 is 11.6 Å². The van der Waals surface area contributed by atoms with Crippen molar-refractivity contribution in [3.8, 4) is 17.7 Å². The van der Waals surface area contributed by atoms with E-state index in [1.807, 2.05) is 13.0 Å². The molecule has 0 radical (unpaired) electrons. The number of aromatic amines is 1. The average Bonchev–Trinajstić information content (AvgIpc) is 3.07. The number of benzene rings is 2. The van der Waals surface area contributed by atoms with Crippen LogP contribution in [0, 0.1) is 24.1 Å². The number of hydrogen-bond donors (Lipinski definition) is 2. The second-order valence-electron chi connectivity index (χ2n) is 6.60. The van der Waals surface area contributed by atoms with Gasteiger partial charge in [-0.15, -0.1) is 5.10 Å². The summed E-state index contributed by atoms with van der Waals surface area (Å²) in [5.74, 6) is 0.0840. The van der Waals surface area contributed by atoms with E-state index in [2.05, 4.69) is 16.3 Å². The molecule has 0 saturated carbocycles. The monoisotopic (exact) mass is 410 g/mol. The van der Waals surface area contributed by atoms with Gasteiger partial charge in [0.2, 0.25) is 11.8 Å². The number of nitrogens with two attached hydrogens (primary N) is 1. The zero-order chi connectivity index (χ0) is 20.5. The summed E-state index contributed by atoms with van der Waals surface area (Å²) in [6, 6.07) is 13.5. The van der Waals surface area contributed by atoms with Crippen LogP contribution < -0.4 is 15.2 Å². The fourth-order valence-corrected chi connectivity index (χ4v) is 3.53. The Bertz CT molecular complexity index is 1150. The number of allylic oxidation sites excluding steroid dienone is 1. The third-order valence-corrected chi connectivity index (χ3v) is 5.02. The van der Waals surface area contributed by atoms with Crippen molar-refractivity contribution in [3.63, 3.8) is 0 Å². The average molecular weight is 411 g/mol. The van der Waals surface area contributed by atoms with Crippen LogP contribution in [0.25, 0.3) is 0 Å². The lowest BCUT2D eigenvalue weighted by atomic mass is 9.84. The van der Waals surface area contributed by atoms with Gasteiger partial charge in [0.15, 0.2) is 0 Å². The molecule has 1 aliphatic rings. The highest BCUT2D eigenvalue weighted by Gasteiger charge is 2.34. The van der Waals surface area contributed by atoms with Gasteiger partial charge < -0.3 is 15.2 Å². The number of nitriles is 1. The number of aromatic nitrogens is 2. The Morgan fingerprint density at radius 2 is 2.07 bits per heavy atom. The molecule has 4 rings (SSSR count). The Kier molecular flexibility index (Phi) is 4.87. The molecule has 3 aromatic rings. The van der Waals surface area contributed by atoms with Crippen molar-refractivity contribution < 1.29 is 13.9 Å². The van der Waals surface area contributed by atoms with Crippen molar-refractivity contribution in [2.24, 2.45) is 5.73 Å². The quantitative estimate of drug-likeness (QED) is 0.668. The Hall–Kier alpha value is -3.50. The molecule has 0 spiro atoms. The molecule has 3 N–H and O–H groups in total. The van der Waals surface area contributed by atoms with Gasteiger partial charge in [-0.05, 0) is 42.3 Å². The molecule has 0 amide bonds. The second-order valence-corrected chi connectivity index (χ2v) is 7.00. The molecule has 0 aliphatic carbocycles. The molecule has 1 aromatic heterocycles. The van der Waals surface area contributed by atoms with E-state index in [0.29, 0.717) is 16.7 Å². The fourth-order valence-electron chi connectivity index (χ4n) is 3.29. The largest absolute Gasteiger partial charge is 0.487 e. The van der Waals surface area contributed by atoms with Crippen LogP contribution in [0.5, 0.6) is 11.6 Å². The number of ether oxygens (including phenoxy) is 2. The predicted octanol–water partition coefficient (Wildman–Crippen LogP) is 4.31. The SMILES string of the molecule is Cc1[nH]nc2c1[C@H](c1ccc(OCc3ccc(F)cc3)c(Cl)c1)C(C#N)=C(N)O2. The van der Waals surface area contributed by atoms with Gasteiger partial charge in [0, 0.05) is 11.3 Å². The molecular formula is C21H16ClFN4O2. The molecule has 1 aliphatic heterocycles. The first kappa shape index (κ1) is 18.8. The molecule has 0 saturated heterocycles. The van der Waals surface area contributed by atoms with Crippen molar-refractivity contribution in [3.05, 3.63) is 87.1 Å². The van der Waals surface area contributed by atoms with E-state index in [1.165, 1.54) is 12.1 Å². The molecule has 2 heterocycles. The summed E-state index contributed by atoms with van der Waals surface area (Å²) in [6.45, 7) is 2.10. The maximum atomic E-state index is 13.0. The Morgan fingerprint density at radius 3 is 2.76 bits per heavy atom. The minimum absolute atomic E-state index is 0.0178. The summed E-state index contributed by atoms with van der Waals surface area (Å²) in [6.07, 6.45) is 0. The summed E-state index contributed by atoms with van der Waals surface area (Å²) in [5, 5.41) is 17.0. The zero-order valence-corrected chi connectivity index (χ0v) is 16.1. The lowest BCUT2D eigenvalue weighted by molar-refractivity contribution is 0.306. The van der Waals surface area contributed by atoms with Crippen LogP contribution in [0.3, 0.4) is 0 Å². The van der Waals surface area contributed by atoms with Crippen LogP contribution in [-0.2, 0) is 6.61 Å². The summed E-state index contributed by atoms with van der Waals surface area (Å²) < 4.78 is 24.2. The predicted molar refractivity (Wildman–Crippen MR) is 105 cm³/mol. The van der Waals surface area contributed by atoms with Crippen LogP contribution in [0.1, 0.15) is 28.3 Å². The standard InChI is InChI=1S/C21H16ClFN4O2/c1-11-18-19(15(9-24)20(25)29-21(18)27-26-11)13-4-7-17(16(22)8-13)28-10-12-2-5-14(23)6-3-12/h2-8,19H,10,25H2,1H3,(H,26,27)/t19-/m1/s1. The van der Waals surface area contributed by atoms with Crippen molar-refractivity contribution in [2.45, 2.75) is 19.4 Å². The summed E-state index contributed by atoms with van der Waals surface area (Å²) in [4.78, 5) is 0. The smallest absolute Gasteiger partial charge is 0.244 e. The van der Waals surface area contributed by atoms with E-state index >= 15 is 0 Å². The van der Waals surface area contributed by atoms with E-state index in [-0.39, 0.29) is 23.9 Å². The van der Waals surface area contributed by atoms with Gasteiger partial charge in [-0.3, -0.25) is 5.10 Å². The highest BCUT2D eigenvalue weighted by Crippen LogP contribution is 2.43. The van der Waals surface area contributed by atoms with E-state index in [1.54, 1.807) is 24.3 Å². The zero-order valence-electron chi connectivity index (χ0n) is 15.4.